The number of piperazine rings is 1. The summed E-state index contributed by atoms with van der Waals surface area (Å²) in [5.41, 5.74) is 4.26. The Morgan fingerprint density at radius 1 is 0.738 bits per heavy atom. The summed E-state index contributed by atoms with van der Waals surface area (Å²) in [6.45, 7) is 6.84. The van der Waals surface area contributed by atoms with Gasteiger partial charge < -0.3 is 24.0 Å². The molecule has 0 unspecified atom stereocenters. The molecule has 0 atom stereocenters. The van der Waals surface area contributed by atoms with E-state index in [0.717, 1.165) is 44.0 Å². The molecule has 0 aromatic heterocycles. The molecule has 0 aliphatic carbocycles. The van der Waals surface area contributed by atoms with Crippen LogP contribution in [0.15, 0.2) is 72.8 Å². The van der Waals surface area contributed by atoms with Crippen molar-refractivity contribution >= 4 is 12.0 Å². The van der Waals surface area contributed by atoms with E-state index in [1.54, 1.807) is 26.0 Å². The van der Waals surface area contributed by atoms with E-state index in [1.807, 2.05) is 41.3 Å². The molecule has 42 heavy (non-hydrogen) atoms. The predicted molar refractivity (Wildman–Crippen MR) is 162 cm³/mol. The molecule has 2 saturated heterocycles. The maximum atomic E-state index is 13.2. The maximum absolute atomic E-state index is 13.2. The zero-order valence-corrected chi connectivity index (χ0v) is 24.9. The van der Waals surface area contributed by atoms with Gasteiger partial charge in [-0.15, -0.1) is 0 Å². The van der Waals surface area contributed by atoms with Gasteiger partial charge in [0.15, 0.2) is 0 Å². The molecule has 222 valence electrons. The second-order valence-electron chi connectivity index (χ2n) is 11.0. The lowest BCUT2D eigenvalue weighted by Crippen LogP contribution is -2.50. The van der Waals surface area contributed by atoms with Crippen molar-refractivity contribution in [2.75, 3.05) is 60.1 Å². The third-order valence-corrected chi connectivity index (χ3v) is 8.56. The van der Waals surface area contributed by atoms with E-state index in [-0.39, 0.29) is 17.4 Å². The molecule has 0 saturated carbocycles. The highest BCUT2D eigenvalue weighted by Crippen LogP contribution is 2.42. The molecule has 0 N–H and O–H groups in total. The van der Waals surface area contributed by atoms with Crippen molar-refractivity contribution in [3.05, 3.63) is 95.1 Å². The molecule has 0 radical (unpaired) electrons. The van der Waals surface area contributed by atoms with Crippen LogP contribution in [0.1, 0.15) is 46.8 Å². The standard InChI is InChI=1S/C34H41N3O5/c1-4-42-33(39)37-22-20-36(21-23-37)32(38)27-8-6-26(7-9-27)24-35-19-5-18-34(25-35,28-10-14-30(40-2)15-11-28)29-12-16-31(41-3)17-13-29/h6-17H,4-5,18-25H2,1-3H3. The van der Waals surface area contributed by atoms with E-state index in [9.17, 15) is 9.59 Å². The number of amides is 2. The van der Waals surface area contributed by atoms with Crippen molar-refractivity contribution in [1.82, 2.24) is 14.7 Å². The monoisotopic (exact) mass is 571 g/mol. The van der Waals surface area contributed by atoms with Crippen molar-refractivity contribution < 1.29 is 23.8 Å². The minimum absolute atomic E-state index is 0.000981. The highest BCUT2D eigenvalue weighted by molar-refractivity contribution is 5.94. The fourth-order valence-corrected chi connectivity index (χ4v) is 6.24. The van der Waals surface area contributed by atoms with Crippen LogP contribution in [-0.2, 0) is 16.7 Å². The van der Waals surface area contributed by atoms with Crippen molar-refractivity contribution in [1.29, 1.82) is 0 Å². The lowest BCUT2D eigenvalue weighted by molar-refractivity contribution is 0.0570. The van der Waals surface area contributed by atoms with Crippen molar-refractivity contribution in [3.8, 4) is 11.5 Å². The van der Waals surface area contributed by atoms with Crippen molar-refractivity contribution in [3.63, 3.8) is 0 Å². The molecule has 2 amide bonds. The summed E-state index contributed by atoms with van der Waals surface area (Å²) in [7, 11) is 3.39. The van der Waals surface area contributed by atoms with Gasteiger partial charge in [-0.3, -0.25) is 9.69 Å². The molecule has 2 fully saturated rings. The number of carbonyl (C=O) groups is 2. The van der Waals surface area contributed by atoms with Crippen LogP contribution in [-0.4, -0.2) is 86.8 Å². The number of rotatable bonds is 8. The number of piperidine rings is 1. The highest BCUT2D eigenvalue weighted by Gasteiger charge is 2.39. The van der Waals surface area contributed by atoms with Gasteiger partial charge in [-0.25, -0.2) is 4.79 Å². The highest BCUT2D eigenvalue weighted by atomic mass is 16.6. The van der Waals surface area contributed by atoms with Crippen molar-refractivity contribution in [2.45, 2.75) is 31.7 Å². The van der Waals surface area contributed by atoms with Gasteiger partial charge in [0, 0.05) is 50.2 Å². The van der Waals surface area contributed by atoms with Gasteiger partial charge in [0.05, 0.1) is 20.8 Å². The Morgan fingerprint density at radius 2 is 1.29 bits per heavy atom. The normalized spacial score (nSPS) is 17.0. The second-order valence-corrected chi connectivity index (χ2v) is 11.0. The molecule has 0 bridgehead atoms. The molecule has 8 heteroatoms. The number of likely N-dealkylation sites (tertiary alicyclic amines) is 1. The van der Waals surface area contributed by atoms with Crippen LogP contribution in [0.3, 0.4) is 0 Å². The van der Waals surface area contributed by atoms with Crippen molar-refractivity contribution in [2.24, 2.45) is 0 Å². The average Bonchev–Trinajstić information content (AvgIpc) is 3.05. The minimum Gasteiger partial charge on any atom is -0.497 e. The summed E-state index contributed by atoms with van der Waals surface area (Å²) in [6.07, 6.45) is 1.82. The lowest BCUT2D eigenvalue weighted by atomic mass is 9.69. The Morgan fingerprint density at radius 3 is 1.81 bits per heavy atom. The van der Waals surface area contributed by atoms with Crippen LogP contribution in [0, 0.1) is 0 Å². The number of carbonyl (C=O) groups excluding carboxylic acids is 2. The van der Waals surface area contributed by atoms with Crippen LogP contribution >= 0.6 is 0 Å². The van der Waals surface area contributed by atoms with E-state index >= 15 is 0 Å². The fourth-order valence-electron chi connectivity index (χ4n) is 6.24. The van der Waals surface area contributed by atoms with E-state index in [2.05, 4.69) is 41.3 Å². The van der Waals surface area contributed by atoms with E-state index in [4.69, 9.17) is 14.2 Å². The molecular weight excluding hydrogens is 530 g/mol. The zero-order chi connectivity index (χ0) is 29.5. The number of methoxy groups -OCH3 is 2. The quantitative estimate of drug-likeness (QED) is 0.370. The van der Waals surface area contributed by atoms with Gasteiger partial charge in [-0.2, -0.15) is 0 Å². The van der Waals surface area contributed by atoms with E-state index in [1.165, 1.54) is 16.7 Å². The molecule has 5 rings (SSSR count). The molecule has 2 aliphatic heterocycles. The summed E-state index contributed by atoms with van der Waals surface area (Å²) >= 11 is 0. The fraction of sp³-hybridized carbons (Fsp3) is 0.412. The molecule has 2 heterocycles. The summed E-state index contributed by atoms with van der Waals surface area (Å²) in [5.74, 6) is 1.71. The SMILES string of the molecule is CCOC(=O)N1CCN(C(=O)c2ccc(CN3CCCC(c4ccc(OC)cc4)(c4ccc(OC)cc4)C3)cc2)CC1. The van der Waals surface area contributed by atoms with Crippen LogP contribution in [0.5, 0.6) is 11.5 Å². The van der Waals surface area contributed by atoms with Crippen LogP contribution in [0.25, 0.3) is 0 Å². The summed E-state index contributed by atoms with van der Waals surface area (Å²) in [4.78, 5) is 31.1. The van der Waals surface area contributed by atoms with Gasteiger partial charge in [-0.1, -0.05) is 36.4 Å². The molecule has 3 aromatic carbocycles. The van der Waals surface area contributed by atoms with Gasteiger partial charge in [0.1, 0.15) is 11.5 Å². The van der Waals surface area contributed by atoms with Gasteiger partial charge in [-0.05, 0) is 79.4 Å². The number of ether oxygens (including phenoxy) is 3. The van der Waals surface area contributed by atoms with E-state index < -0.39 is 0 Å². The first kappa shape index (κ1) is 29.5. The molecular formula is C34H41N3O5. The number of benzene rings is 3. The molecule has 2 aliphatic rings. The summed E-state index contributed by atoms with van der Waals surface area (Å²) in [5, 5.41) is 0. The topological polar surface area (TPSA) is 71.6 Å². The Labute approximate surface area is 248 Å². The number of hydrogen-bond donors (Lipinski definition) is 0. The van der Waals surface area contributed by atoms with Gasteiger partial charge >= 0.3 is 6.09 Å². The summed E-state index contributed by atoms with van der Waals surface area (Å²) in [6, 6.07) is 25.0. The molecule has 3 aromatic rings. The number of hydrogen-bond acceptors (Lipinski definition) is 6. The second kappa shape index (κ2) is 13.3. The zero-order valence-electron chi connectivity index (χ0n) is 24.9. The van der Waals surface area contributed by atoms with E-state index in [0.29, 0.717) is 38.3 Å². The average molecular weight is 572 g/mol. The third-order valence-electron chi connectivity index (χ3n) is 8.56. The molecule has 0 spiro atoms. The van der Waals surface area contributed by atoms with Gasteiger partial charge in [0.2, 0.25) is 0 Å². The first-order chi connectivity index (χ1) is 20.5. The Hall–Kier alpha value is -4.04. The smallest absolute Gasteiger partial charge is 0.409 e. The predicted octanol–water partition coefficient (Wildman–Crippen LogP) is 5.20. The maximum Gasteiger partial charge on any atom is 0.409 e. The van der Waals surface area contributed by atoms with Crippen LogP contribution < -0.4 is 9.47 Å². The first-order valence-corrected chi connectivity index (χ1v) is 14.8. The lowest BCUT2D eigenvalue weighted by Gasteiger charge is -2.44. The third kappa shape index (κ3) is 6.39. The van der Waals surface area contributed by atoms with Crippen LogP contribution in [0.2, 0.25) is 0 Å². The Balaban J connectivity index is 1.28. The van der Waals surface area contributed by atoms with Crippen LogP contribution in [0.4, 0.5) is 4.79 Å². The van der Waals surface area contributed by atoms with Gasteiger partial charge in [0.25, 0.3) is 5.91 Å². The first-order valence-electron chi connectivity index (χ1n) is 14.8. The Bertz CT molecular complexity index is 1290. The largest absolute Gasteiger partial charge is 0.497 e. The minimum atomic E-state index is -0.310. The summed E-state index contributed by atoms with van der Waals surface area (Å²) < 4.78 is 16.0. The Kier molecular flexibility index (Phi) is 9.32. The number of nitrogens with zero attached hydrogens (tertiary/aromatic N) is 3. The molecule has 8 nitrogen and oxygen atoms in total.